The van der Waals surface area contributed by atoms with E-state index in [1.807, 2.05) is 0 Å². The van der Waals surface area contributed by atoms with Gasteiger partial charge in [0.2, 0.25) is 0 Å². The molecular weight excluding hydrogens is 195 g/mol. The molecule has 0 fully saturated rings. The Morgan fingerprint density at radius 1 is 1.20 bits per heavy atom. The van der Waals surface area contributed by atoms with E-state index in [0.29, 0.717) is 16.9 Å². The second kappa shape index (κ2) is 3.57. The number of nitrogens with zero attached hydrogens (tertiary/aromatic N) is 1. The molecular formula is C11H9FN2O. The first-order valence-corrected chi connectivity index (χ1v) is 4.37. The van der Waals surface area contributed by atoms with Gasteiger partial charge in [0.1, 0.15) is 17.4 Å². The number of nitrogen functional groups attached to an aromatic ring is 1. The Morgan fingerprint density at radius 3 is 2.60 bits per heavy atom. The summed E-state index contributed by atoms with van der Waals surface area (Å²) in [4.78, 5) is 3.89. The van der Waals surface area contributed by atoms with Gasteiger partial charge in [0.05, 0.1) is 0 Å². The van der Waals surface area contributed by atoms with E-state index >= 15 is 0 Å². The molecule has 4 heteroatoms. The van der Waals surface area contributed by atoms with Crippen LogP contribution in [0.25, 0.3) is 11.1 Å². The van der Waals surface area contributed by atoms with Gasteiger partial charge in [-0.2, -0.15) is 0 Å². The lowest BCUT2D eigenvalue weighted by atomic mass is 10.1. The van der Waals surface area contributed by atoms with E-state index in [2.05, 4.69) is 4.98 Å². The average Bonchev–Trinajstić information content (AvgIpc) is 2.20. The Kier molecular flexibility index (Phi) is 2.25. The number of anilines is 1. The molecule has 0 spiro atoms. The highest BCUT2D eigenvalue weighted by atomic mass is 19.1. The van der Waals surface area contributed by atoms with Crippen molar-refractivity contribution in [2.75, 3.05) is 5.73 Å². The van der Waals surface area contributed by atoms with Crippen LogP contribution in [0.3, 0.4) is 0 Å². The van der Waals surface area contributed by atoms with E-state index in [9.17, 15) is 9.50 Å². The zero-order valence-corrected chi connectivity index (χ0v) is 7.81. The molecule has 0 unspecified atom stereocenters. The molecule has 2 rings (SSSR count). The Morgan fingerprint density at radius 2 is 2.00 bits per heavy atom. The van der Waals surface area contributed by atoms with Gasteiger partial charge in [0.15, 0.2) is 0 Å². The maximum atomic E-state index is 12.7. The lowest BCUT2D eigenvalue weighted by molar-refractivity contribution is 0.471. The Labute approximate surface area is 86.0 Å². The fourth-order valence-corrected chi connectivity index (χ4v) is 1.31. The highest BCUT2D eigenvalue weighted by Crippen LogP contribution is 2.29. The molecule has 3 nitrogen and oxygen atoms in total. The summed E-state index contributed by atoms with van der Waals surface area (Å²) in [6, 6.07) is 7.18. The first kappa shape index (κ1) is 9.45. The van der Waals surface area contributed by atoms with Crippen molar-refractivity contribution >= 4 is 5.82 Å². The van der Waals surface area contributed by atoms with Gasteiger partial charge >= 0.3 is 0 Å². The third kappa shape index (κ3) is 1.88. The summed E-state index contributed by atoms with van der Waals surface area (Å²) in [5, 5.41) is 9.52. The predicted molar refractivity (Wildman–Crippen MR) is 55.7 cm³/mol. The number of rotatable bonds is 1. The van der Waals surface area contributed by atoms with Crippen LogP contribution in [0, 0.1) is 5.82 Å². The third-order valence-corrected chi connectivity index (χ3v) is 2.06. The van der Waals surface area contributed by atoms with Gasteiger partial charge in [-0.05, 0) is 24.3 Å². The second-order valence-electron chi connectivity index (χ2n) is 3.13. The van der Waals surface area contributed by atoms with Gasteiger partial charge in [-0.15, -0.1) is 0 Å². The number of halogens is 1. The zero-order valence-electron chi connectivity index (χ0n) is 7.81. The van der Waals surface area contributed by atoms with Crippen LogP contribution in [-0.4, -0.2) is 10.1 Å². The van der Waals surface area contributed by atoms with Crippen molar-refractivity contribution < 1.29 is 9.50 Å². The molecule has 1 aromatic carbocycles. The molecule has 0 aliphatic heterocycles. The van der Waals surface area contributed by atoms with Crippen LogP contribution in [0.2, 0.25) is 0 Å². The number of hydrogen-bond donors (Lipinski definition) is 2. The molecule has 0 saturated heterocycles. The van der Waals surface area contributed by atoms with Crippen molar-refractivity contribution in [2.45, 2.75) is 0 Å². The number of nitrogens with two attached hydrogens (primary N) is 1. The highest BCUT2D eigenvalue weighted by molar-refractivity contribution is 5.69. The molecule has 76 valence electrons. The fourth-order valence-electron chi connectivity index (χ4n) is 1.31. The number of phenols is 1. The molecule has 1 aromatic heterocycles. The Hall–Kier alpha value is -2.10. The van der Waals surface area contributed by atoms with Crippen LogP contribution in [0.15, 0.2) is 36.5 Å². The molecule has 0 bridgehead atoms. The smallest absolute Gasteiger partial charge is 0.126 e. The van der Waals surface area contributed by atoms with Crippen molar-refractivity contribution in [2.24, 2.45) is 0 Å². The van der Waals surface area contributed by atoms with Gasteiger partial charge in [-0.1, -0.05) is 0 Å². The molecule has 0 aliphatic carbocycles. The Balaban J connectivity index is 2.49. The molecule has 0 atom stereocenters. The van der Waals surface area contributed by atoms with Crippen molar-refractivity contribution in [3.8, 4) is 16.9 Å². The van der Waals surface area contributed by atoms with Crippen molar-refractivity contribution in [3.63, 3.8) is 0 Å². The van der Waals surface area contributed by atoms with Gasteiger partial charge in [0, 0.05) is 23.4 Å². The third-order valence-electron chi connectivity index (χ3n) is 2.06. The molecule has 3 N–H and O–H groups in total. The summed E-state index contributed by atoms with van der Waals surface area (Å²) in [5.74, 6) is -0.179. The van der Waals surface area contributed by atoms with Crippen LogP contribution >= 0.6 is 0 Å². The number of benzene rings is 1. The van der Waals surface area contributed by atoms with E-state index in [-0.39, 0.29) is 5.75 Å². The quantitative estimate of drug-likeness (QED) is 0.748. The maximum Gasteiger partial charge on any atom is 0.126 e. The van der Waals surface area contributed by atoms with Crippen molar-refractivity contribution in [1.82, 2.24) is 4.98 Å². The first-order chi connectivity index (χ1) is 7.16. The number of hydrogen-bond acceptors (Lipinski definition) is 3. The van der Waals surface area contributed by atoms with Crippen LogP contribution in [0.4, 0.5) is 10.2 Å². The van der Waals surface area contributed by atoms with E-state index in [1.54, 1.807) is 12.1 Å². The van der Waals surface area contributed by atoms with E-state index in [1.165, 1.54) is 18.3 Å². The number of aromatic hydroxyl groups is 1. The normalized spacial score (nSPS) is 10.2. The fraction of sp³-hybridized carbons (Fsp3) is 0. The van der Waals surface area contributed by atoms with Crippen LogP contribution in [-0.2, 0) is 0 Å². The molecule has 0 radical (unpaired) electrons. The number of phenolic OH excluding ortho intramolecular Hbond substituents is 1. The minimum absolute atomic E-state index is 0.110. The van der Waals surface area contributed by atoms with Gasteiger partial charge in [-0.3, -0.25) is 0 Å². The van der Waals surface area contributed by atoms with E-state index < -0.39 is 5.82 Å². The molecule has 0 saturated carbocycles. The second-order valence-corrected chi connectivity index (χ2v) is 3.13. The minimum Gasteiger partial charge on any atom is -0.507 e. The SMILES string of the molecule is Nc1ccc(-c2ccc(F)cc2O)cn1. The summed E-state index contributed by atoms with van der Waals surface area (Å²) in [7, 11) is 0. The predicted octanol–water partition coefficient (Wildman–Crippen LogP) is 2.18. The van der Waals surface area contributed by atoms with Crippen molar-refractivity contribution in [1.29, 1.82) is 0 Å². The minimum atomic E-state index is -0.473. The first-order valence-electron chi connectivity index (χ1n) is 4.37. The van der Waals surface area contributed by atoms with E-state index in [0.717, 1.165) is 6.07 Å². The summed E-state index contributed by atoms with van der Waals surface area (Å²) < 4.78 is 12.7. The van der Waals surface area contributed by atoms with Gasteiger partial charge in [-0.25, -0.2) is 9.37 Å². The Bertz CT molecular complexity index is 482. The topological polar surface area (TPSA) is 59.1 Å². The monoisotopic (exact) mass is 204 g/mol. The summed E-state index contributed by atoms with van der Waals surface area (Å²) >= 11 is 0. The highest BCUT2D eigenvalue weighted by Gasteiger charge is 2.05. The molecule has 0 amide bonds. The van der Waals surface area contributed by atoms with Gasteiger partial charge in [0.25, 0.3) is 0 Å². The molecule has 15 heavy (non-hydrogen) atoms. The average molecular weight is 204 g/mol. The number of pyridine rings is 1. The summed E-state index contributed by atoms with van der Waals surface area (Å²) in [5.41, 5.74) is 6.66. The largest absolute Gasteiger partial charge is 0.507 e. The van der Waals surface area contributed by atoms with Crippen LogP contribution in [0.1, 0.15) is 0 Å². The van der Waals surface area contributed by atoms with Crippen molar-refractivity contribution in [3.05, 3.63) is 42.3 Å². The van der Waals surface area contributed by atoms with Crippen LogP contribution in [0.5, 0.6) is 5.75 Å². The van der Waals surface area contributed by atoms with Gasteiger partial charge < -0.3 is 10.8 Å². The van der Waals surface area contributed by atoms with Crippen LogP contribution < -0.4 is 5.73 Å². The zero-order chi connectivity index (χ0) is 10.8. The molecule has 1 heterocycles. The standard InChI is InChI=1S/C11H9FN2O/c12-8-2-3-9(10(15)5-8)7-1-4-11(13)14-6-7/h1-6,15H,(H2,13,14). The summed E-state index contributed by atoms with van der Waals surface area (Å²) in [6.07, 6.45) is 1.53. The van der Waals surface area contributed by atoms with E-state index in [4.69, 9.17) is 5.73 Å². The maximum absolute atomic E-state index is 12.7. The lowest BCUT2D eigenvalue weighted by Crippen LogP contribution is -1.89. The number of aromatic nitrogens is 1. The molecule has 0 aliphatic rings. The summed E-state index contributed by atoms with van der Waals surface area (Å²) in [6.45, 7) is 0. The molecule has 2 aromatic rings. The lowest BCUT2D eigenvalue weighted by Gasteiger charge is -2.04.